The smallest absolute Gasteiger partial charge is 0.271 e. The van der Waals surface area contributed by atoms with E-state index < -0.39 is 0 Å². The molecule has 2 atom stereocenters. The molecule has 0 radical (unpaired) electrons. The minimum atomic E-state index is -0.203. The van der Waals surface area contributed by atoms with Crippen LogP contribution in [0.25, 0.3) is 0 Å². The molecule has 1 aliphatic carbocycles. The molecule has 112 valence electrons. The Labute approximate surface area is 124 Å². The molecule has 1 saturated carbocycles. The topological polar surface area (TPSA) is 71.5 Å². The van der Waals surface area contributed by atoms with Crippen LogP contribution in [0.4, 0.5) is 0 Å². The van der Waals surface area contributed by atoms with Crippen molar-refractivity contribution < 1.29 is 14.6 Å². The van der Waals surface area contributed by atoms with Gasteiger partial charge in [0.1, 0.15) is 5.69 Å². The van der Waals surface area contributed by atoms with E-state index in [-0.39, 0.29) is 24.7 Å². The van der Waals surface area contributed by atoms with Crippen molar-refractivity contribution in [3.05, 3.63) is 29.6 Å². The molecule has 2 rings (SSSR count). The third-order valence-electron chi connectivity index (χ3n) is 3.54. The molecule has 1 amide bonds. The fourth-order valence-electron chi connectivity index (χ4n) is 2.44. The van der Waals surface area contributed by atoms with Crippen molar-refractivity contribution >= 4 is 5.91 Å². The summed E-state index contributed by atoms with van der Waals surface area (Å²) in [7, 11) is 1.70. The molecule has 5 heteroatoms. The van der Waals surface area contributed by atoms with E-state index in [1.165, 1.54) is 0 Å². The van der Waals surface area contributed by atoms with Gasteiger partial charge in [0, 0.05) is 25.8 Å². The Morgan fingerprint density at radius 2 is 2.43 bits per heavy atom. The number of aromatic nitrogens is 1. The Hall–Kier alpha value is -1.90. The van der Waals surface area contributed by atoms with Crippen molar-refractivity contribution in [1.82, 2.24) is 10.3 Å². The summed E-state index contributed by atoms with van der Waals surface area (Å²) >= 11 is 0. The molecule has 0 spiro atoms. The number of nitrogens with zero attached hydrogens (tertiary/aromatic N) is 1. The Balaban J connectivity index is 2.04. The lowest BCUT2D eigenvalue weighted by atomic mass is 10.1. The number of pyridine rings is 1. The van der Waals surface area contributed by atoms with E-state index in [2.05, 4.69) is 22.1 Å². The van der Waals surface area contributed by atoms with E-state index in [0.717, 1.165) is 19.3 Å². The van der Waals surface area contributed by atoms with Gasteiger partial charge in [0.2, 0.25) is 0 Å². The molecule has 0 saturated heterocycles. The fraction of sp³-hybridized carbons (Fsp3) is 0.500. The fourth-order valence-corrected chi connectivity index (χ4v) is 2.44. The lowest BCUT2D eigenvalue weighted by Crippen LogP contribution is -2.34. The number of ether oxygens (including phenoxy) is 1. The summed E-state index contributed by atoms with van der Waals surface area (Å²) in [5.41, 5.74) is 0.925. The molecule has 1 aliphatic rings. The zero-order valence-corrected chi connectivity index (χ0v) is 12.1. The summed E-state index contributed by atoms with van der Waals surface area (Å²) in [6.45, 7) is 0.00920. The number of hydrogen-bond donors (Lipinski definition) is 2. The minimum Gasteiger partial charge on any atom is -0.395 e. The first kappa shape index (κ1) is 15.5. The summed E-state index contributed by atoms with van der Waals surface area (Å²) in [4.78, 5) is 16.4. The van der Waals surface area contributed by atoms with Gasteiger partial charge in [-0.1, -0.05) is 11.8 Å². The second-order valence-electron chi connectivity index (χ2n) is 5.02. The molecule has 0 bridgehead atoms. The highest BCUT2D eigenvalue weighted by atomic mass is 16.5. The van der Waals surface area contributed by atoms with Crippen LogP contribution in [0.3, 0.4) is 0 Å². The molecule has 0 aliphatic heterocycles. The molecule has 1 aromatic heterocycles. The normalized spacial score (nSPS) is 20.7. The Bertz CT molecular complexity index is 548. The number of amides is 1. The maximum Gasteiger partial charge on any atom is 0.271 e. The number of aliphatic hydroxyl groups excluding tert-OH is 1. The van der Waals surface area contributed by atoms with Gasteiger partial charge in [-0.05, 0) is 31.4 Å². The van der Waals surface area contributed by atoms with Crippen LogP contribution in [-0.4, -0.2) is 41.9 Å². The van der Waals surface area contributed by atoms with Crippen molar-refractivity contribution in [3.63, 3.8) is 0 Å². The van der Waals surface area contributed by atoms with E-state index in [1.807, 2.05) is 0 Å². The van der Waals surface area contributed by atoms with Crippen molar-refractivity contribution in [1.29, 1.82) is 0 Å². The van der Waals surface area contributed by atoms with Crippen LogP contribution >= 0.6 is 0 Å². The van der Waals surface area contributed by atoms with Gasteiger partial charge in [-0.2, -0.15) is 0 Å². The van der Waals surface area contributed by atoms with Crippen LogP contribution in [0.15, 0.2) is 18.3 Å². The van der Waals surface area contributed by atoms with Crippen LogP contribution in [0.1, 0.15) is 41.7 Å². The SMILES string of the molecule is COC1CCC(NC(=O)c2ncccc2C#CCCO)C1. The van der Waals surface area contributed by atoms with Crippen LogP contribution in [0.2, 0.25) is 0 Å². The molecule has 21 heavy (non-hydrogen) atoms. The summed E-state index contributed by atoms with van der Waals surface area (Å²) in [6, 6.07) is 3.64. The predicted molar refractivity (Wildman–Crippen MR) is 78.7 cm³/mol. The summed E-state index contributed by atoms with van der Waals surface area (Å²) in [5, 5.41) is 11.7. The Morgan fingerprint density at radius 3 is 3.14 bits per heavy atom. The molecule has 1 fully saturated rings. The van der Waals surface area contributed by atoms with Gasteiger partial charge in [-0.3, -0.25) is 4.79 Å². The van der Waals surface area contributed by atoms with E-state index in [1.54, 1.807) is 25.4 Å². The van der Waals surface area contributed by atoms with E-state index in [0.29, 0.717) is 17.7 Å². The number of carbonyl (C=O) groups is 1. The van der Waals surface area contributed by atoms with Crippen molar-refractivity contribution in [2.75, 3.05) is 13.7 Å². The molecule has 0 aromatic carbocycles. The molecular formula is C16H20N2O3. The standard InChI is InChI=1S/C16H20N2O3/c1-21-14-8-7-13(11-14)18-16(20)15-12(5-2-3-10-19)6-4-9-17-15/h4,6,9,13-14,19H,3,7-8,10-11H2,1H3,(H,18,20). The maximum atomic E-state index is 12.3. The molecular weight excluding hydrogens is 268 g/mol. The van der Waals surface area contributed by atoms with Gasteiger partial charge < -0.3 is 15.2 Å². The highest BCUT2D eigenvalue weighted by molar-refractivity contribution is 5.94. The van der Waals surface area contributed by atoms with E-state index in [4.69, 9.17) is 9.84 Å². The van der Waals surface area contributed by atoms with E-state index >= 15 is 0 Å². The summed E-state index contributed by atoms with van der Waals surface area (Å²) in [5.74, 6) is 5.50. The highest BCUT2D eigenvalue weighted by Crippen LogP contribution is 2.21. The number of carbonyl (C=O) groups excluding carboxylic acids is 1. The van der Waals surface area contributed by atoms with E-state index in [9.17, 15) is 4.79 Å². The predicted octanol–water partition coefficient (Wildman–Crippen LogP) is 1.11. The first-order chi connectivity index (χ1) is 10.2. The molecule has 2 N–H and O–H groups in total. The summed E-state index contributed by atoms with van der Waals surface area (Å²) in [6.07, 6.45) is 4.91. The van der Waals surface area contributed by atoms with Gasteiger partial charge in [0.05, 0.1) is 18.3 Å². The second kappa shape index (κ2) is 7.77. The van der Waals surface area contributed by atoms with Crippen LogP contribution < -0.4 is 5.32 Å². The van der Waals surface area contributed by atoms with Gasteiger partial charge >= 0.3 is 0 Å². The van der Waals surface area contributed by atoms with Gasteiger partial charge in [-0.25, -0.2) is 4.98 Å². The zero-order valence-electron chi connectivity index (χ0n) is 12.1. The molecule has 1 aromatic rings. The largest absolute Gasteiger partial charge is 0.395 e. The van der Waals surface area contributed by atoms with Crippen LogP contribution in [0, 0.1) is 11.8 Å². The van der Waals surface area contributed by atoms with Gasteiger partial charge in [0.15, 0.2) is 0 Å². The first-order valence-corrected chi connectivity index (χ1v) is 7.13. The average Bonchev–Trinajstić information content (AvgIpc) is 2.95. The minimum absolute atomic E-state index is 0.00920. The lowest BCUT2D eigenvalue weighted by molar-refractivity contribution is 0.0910. The maximum absolute atomic E-state index is 12.3. The Kier molecular flexibility index (Phi) is 5.73. The quantitative estimate of drug-likeness (QED) is 0.814. The van der Waals surface area contributed by atoms with Crippen molar-refractivity contribution in [3.8, 4) is 11.8 Å². The third-order valence-corrected chi connectivity index (χ3v) is 3.54. The van der Waals surface area contributed by atoms with Gasteiger partial charge in [-0.15, -0.1) is 0 Å². The summed E-state index contributed by atoms with van der Waals surface area (Å²) < 4.78 is 5.30. The average molecular weight is 288 g/mol. The van der Waals surface area contributed by atoms with Gasteiger partial charge in [0.25, 0.3) is 5.91 Å². The first-order valence-electron chi connectivity index (χ1n) is 7.13. The monoisotopic (exact) mass is 288 g/mol. The number of methoxy groups -OCH3 is 1. The third kappa shape index (κ3) is 4.28. The van der Waals surface area contributed by atoms with Crippen molar-refractivity contribution in [2.45, 2.75) is 37.8 Å². The number of rotatable bonds is 4. The zero-order chi connectivity index (χ0) is 15.1. The number of hydrogen-bond acceptors (Lipinski definition) is 4. The van der Waals surface area contributed by atoms with Crippen LogP contribution in [-0.2, 0) is 4.74 Å². The number of nitrogens with one attached hydrogen (secondary N) is 1. The highest BCUT2D eigenvalue weighted by Gasteiger charge is 2.26. The number of aliphatic hydroxyl groups is 1. The molecule has 2 unspecified atom stereocenters. The van der Waals surface area contributed by atoms with Crippen LogP contribution in [0.5, 0.6) is 0 Å². The van der Waals surface area contributed by atoms with Crippen molar-refractivity contribution in [2.24, 2.45) is 0 Å². The Morgan fingerprint density at radius 1 is 1.57 bits per heavy atom. The lowest BCUT2D eigenvalue weighted by Gasteiger charge is -2.13. The molecule has 1 heterocycles. The molecule has 5 nitrogen and oxygen atoms in total. The second-order valence-corrected chi connectivity index (χ2v) is 5.02.